The first kappa shape index (κ1) is 12.6. The van der Waals surface area contributed by atoms with Gasteiger partial charge in [0.25, 0.3) is 0 Å². The highest BCUT2D eigenvalue weighted by molar-refractivity contribution is 6.30. The monoisotopic (exact) mass is 278 g/mol. The highest BCUT2D eigenvalue weighted by Gasteiger charge is 2.46. The zero-order valence-corrected chi connectivity index (χ0v) is 11.6. The van der Waals surface area contributed by atoms with Crippen molar-refractivity contribution < 1.29 is 9.52 Å². The number of rotatable bonds is 1. The van der Waals surface area contributed by atoms with Gasteiger partial charge in [0.05, 0.1) is 11.3 Å². The number of nitrogens with zero attached hydrogens (tertiary/aromatic N) is 2. The van der Waals surface area contributed by atoms with Crippen LogP contribution in [0.1, 0.15) is 37.3 Å². The molecule has 0 spiro atoms. The van der Waals surface area contributed by atoms with E-state index in [0.717, 1.165) is 11.5 Å². The number of hydrogen-bond donors (Lipinski definition) is 1. The molecule has 1 aliphatic rings. The molecule has 2 aromatic heterocycles. The predicted molar refractivity (Wildman–Crippen MR) is 71.0 cm³/mol. The van der Waals surface area contributed by atoms with Crippen LogP contribution in [0.5, 0.6) is 0 Å². The van der Waals surface area contributed by atoms with Gasteiger partial charge in [-0.25, -0.2) is 9.97 Å². The number of hydrogen-bond acceptors (Lipinski definition) is 4. The molecule has 0 aliphatic heterocycles. The van der Waals surface area contributed by atoms with Gasteiger partial charge < -0.3 is 9.52 Å². The van der Waals surface area contributed by atoms with Crippen LogP contribution in [0, 0.1) is 0 Å². The van der Waals surface area contributed by atoms with Crippen molar-refractivity contribution in [1.82, 2.24) is 9.97 Å². The third kappa shape index (κ3) is 1.95. The third-order valence-electron chi connectivity index (χ3n) is 3.71. The predicted octanol–water partition coefficient (Wildman–Crippen LogP) is 2.83. The summed E-state index contributed by atoms with van der Waals surface area (Å²) >= 11 is 6.13. The van der Waals surface area contributed by atoms with Gasteiger partial charge in [-0.3, -0.25) is 0 Å². The van der Waals surface area contributed by atoms with Crippen molar-refractivity contribution in [3.8, 4) is 0 Å². The number of halogens is 1. The Labute approximate surface area is 116 Å². The van der Waals surface area contributed by atoms with Gasteiger partial charge in [0.15, 0.2) is 6.39 Å². The fraction of sp³-hybridized carbons (Fsp3) is 0.429. The summed E-state index contributed by atoms with van der Waals surface area (Å²) in [6.07, 6.45) is 3.97. The summed E-state index contributed by atoms with van der Waals surface area (Å²) in [7, 11) is 0. The van der Waals surface area contributed by atoms with Crippen LogP contribution in [0.15, 0.2) is 29.1 Å². The Morgan fingerprint density at radius 1 is 1.37 bits per heavy atom. The van der Waals surface area contributed by atoms with Gasteiger partial charge in [-0.05, 0) is 12.5 Å². The Kier molecular flexibility index (Phi) is 2.69. The molecule has 19 heavy (non-hydrogen) atoms. The minimum absolute atomic E-state index is 0.294. The maximum atomic E-state index is 11.0. The van der Waals surface area contributed by atoms with Gasteiger partial charge in [0.1, 0.15) is 10.9 Å². The van der Waals surface area contributed by atoms with E-state index in [2.05, 4.69) is 9.97 Å². The molecule has 5 heteroatoms. The fourth-order valence-corrected chi connectivity index (χ4v) is 3.32. The summed E-state index contributed by atoms with van der Waals surface area (Å²) < 4.78 is 5.46. The number of aromatic nitrogens is 2. The summed E-state index contributed by atoms with van der Waals surface area (Å²) in [6, 6.07) is 3.60. The zero-order chi connectivity index (χ0) is 13.7. The SMILES string of the molecule is CC1(C)CC(O)(c2cccnc2Cl)Cc2ncoc21. The fourth-order valence-electron chi connectivity index (χ4n) is 3.02. The van der Waals surface area contributed by atoms with Crippen molar-refractivity contribution in [3.05, 3.63) is 46.9 Å². The first-order valence-corrected chi connectivity index (χ1v) is 6.56. The molecule has 0 aromatic carbocycles. The van der Waals surface area contributed by atoms with E-state index in [1.54, 1.807) is 12.3 Å². The molecule has 1 atom stereocenters. The van der Waals surface area contributed by atoms with E-state index < -0.39 is 5.60 Å². The standard InChI is InChI=1S/C14H15ClN2O2/c1-13(2)7-14(18,6-10-11(13)19-8-17-10)9-4-3-5-16-12(9)15/h3-5,8,18H,6-7H2,1-2H3. The Bertz CT molecular complexity index is 623. The molecule has 0 fully saturated rings. The Balaban J connectivity index is 2.11. The molecule has 2 aromatic rings. The number of aliphatic hydroxyl groups is 1. The van der Waals surface area contributed by atoms with Crippen LogP contribution in [0.2, 0.25) is 5.15 Å². The second-order valence-corrected chi connectivity index (χ2v) is 6.10. The van der Waals surface area contributed by atoms with Crippen LogP contribution in [0.25, 0.3) is 0 Å². The Morgan fingerprint density at radius 3 is 2.89 bits per heavy atom. The minimum atomic E-state index is -1.06. The van der Waals surface area contributed by atoms with Crippen molar-refractivity contribution in [3.63, 3.8) is 0 Å². The highest BCUT2D eigenvalue weighted by Crippen LogP contribution is 2.46. The van der Waals surface area contributed by atoms with E-state index in [1.807, 2.05) is 19.9 Å². The third-order valence-corrected chi connectivity index (χ3v) is 4.01. The molecule has 1 aliphatic carbocycles. The van der Waals surface area contributed by atoms with Crippen molar-refractivity contribution in [2.75, 3.05) is 0 Å². The lowest BCUT2D eigenvalue weighted by atomic mass is 9.68. The lowest BCUT2D eigenvalue weighted by Gasteiger charge is -2.40. The Hall–Kier alpha value is -1.39. The normalized spacial score (nSPS) is 25.1. The topological polar surface area (TPSA) is 59.2 Å². The van der Waals surface area contributed by atoms with E-state index in [4.69, 9.17) is 16.0 Å². The van der Waals surface area contributed by atoms with Crippen LogP contribution < -0.4 is 0 Å². The summed E-state index contributed by atoms with van der Waals surface area (Å²) in [5.74, 6) is 0.845. The van der Waals surface area contributed by atoms with Gasteiger partial charge in [-0.2, -0.15) is 0 Å². The molecule has 1 N–H and O–H groups in total. The second kappa shape index (κ2) is 4.05. The number of fused-ring (bicyclic) bond motifs is 1. The lowest BCUT2D eigenvalue weighted by molar-refractivity contribution is -0.00596. The molecule has 3 rings (SSSR count). The van der Waals surface area contributed by atoms with Gasteiger partial charge in [0.2, 0.25) is 0 Å². The summed E-state index contributed by atoms with van der Waals surface area (Å²) in [6.45, 7) is 4.07. The summed E-state index contributed by atoms with van der Waals surface area (Å²) in [5.41, 5.74) is 0.0912. The molecule has 0 bridgehead atoms. The van der Waals surface area contributed by atoms with Crippen LogP contribution in [-0.4, -0.2) is 15.1 Å². The summed E-state index contributed by atoms with van der Waals surface area (Å²) in [5, 5.41) is 11.4. The maximum absolute atomic E-state index is 11.0. The Morgan fingerprint density at radius 2 is 2.16 bits per heavy atom. The van der Waals surface area contributed by atoms with Gasteiger partial charge in [0, 0.05) is 23.6 Å². The second-order valence-electron chi connectivity index (χ2n) is 5.74. The van der Waals surface area contributed by atoms with E-state index in [-0.39, 0.29) is 5.41 Å². The largest absolute Gasteiger partial charge is 0.448 e. The van der Waals surface area contributed by atoms with Crippen LogP contribution >= 0.6 is 11.6 Å². The van der Waals surface area contributed by atoms with Gasteiger partial charge in [-0.15, -0.1) is 0 Å². The van der Waals surface area contributed by atoms with E-state index in [9.17, 15) is 5.11 Å². The number of oxazole rings is 1. The average Bonchev–Trinajstić information content (AvgIpc) is 2.77. The van der Waals surface area contributed by atoms with Crippen molar-refractivity contribution >= 4 is 11.6 Å². The first-order chi connectivity index (χ1) is 8.92. The van der Waals surface area contributed by atoms with Crippen LogP contribution in [-0.2, 0) is 17.4 Å². The van der Waals surface area contributed by atoms with Gasteiger partial charge in [-0.1, -0.05) is 31.5 Å². The molecule has 0 radical (unpaired) electrons. The molecule has 0 saturated carbocycles. The molecular weight excluding hydrogens is 264 g/mol. The van der Waals surface area contributed by atoms with Crippen molar-refractivity contribution in [2.45, 2.75) is 37.7 Å². The molecule has 1 unspecified atom stereocenters. The first-order valence-electron chi connectivity index (χ1n) is 6.19. The van der Waals surface area contributed by atoms with Gasteiger partial charge >= 0.3 is 0 Å². The minimum Gasteiger partial charge on any atom is -0.448 e. The molecule has 2 heterocycles. The smallest absolute Gasteiger partial charge is 0.181 e. The molecular formula is C14H15ClN2O2. The number of pyridine rings is 1. The van der Waals surface area contributed by atoms with E-state index >= 15 is 0 Å². The molecule has 0 amide bonds. The van der Waals surface area contributed by atoms with Crippen molar-refractivity contribution in [2.24, 2.45) is 0 Å². The molecule has 100 valence electrons. The quantitative estimate of drug-likeness (QED) is 0.815. The zero-order valence-electron chi connectivity index (χ0n) is 10.9. The van der Waals surface area contributed by atoms with E-state index in [1.165, 1.54) is 6.39 Å². The lowest BCUT2D eigenvalue weighted by Crippen LogP contribution is -2.41. The van der Waals surface area contributed by atoms with E-state index in [0.29, 0.717) is 23.6 Å². The van der Waals surface area contributed by atoms with Crippen molar-refractivity contribution in [1.29, 1.82) is 0 Å². The molecule has 0 saturated heterocycles. The molecule has 4 nitrogen and oxygen atoms in total. The average molecular weight is 279 g/mol. The van der Waals surface area contributed by atoms with Crippen LogP contribution in [0.4, 0.5) is 0 Å². The summed E-state index contributed by atoms with van der Waals surface area (Å²) in [4.78, 5) is 8.27. The highest BCUT2D eigenvalue weighted by atomic mass is 35.5. The van der Waals surface area contributed by atoms with Crippen LogP contribution in [0.3, 0.4) is 0 Å². The maximum Gasteiger partial charge on any atom is 0.181 e.